The van der Waals surface area contributed by atoms with Crippen molar-refractivity contribution in [2.75, 3.05) is 25.5 Å². The molecule has 0 amide bonds. The van der Waals surface area contributed by atoms with Crippen molar-refractivity contribution in [2.45, 2.75) is 26.3 Å². The van der Waals surface area contributed by atoms with Crippen LogP contribution in [0, 0.1) is 0 Å². The summed E-state index contributed by atoms with van der Waals surface area (Å²) < 4.78 is 7.94. The number of carbonyl (C=O) groups excluding carboxylic acids is 1. The normalized spacial score (nSPS) is 13.9. The Morgan fingerprint density at radius 2 is 2.24 bits per heavy atom. The molecule has 0 unspecified atom stereocenters. The molecule has 7 heteroatoms. The topological polar surface area (TPSA) is 81.1 Å². The molecule has 1 aliphatic heterocycles. The number of nitrogens with one attached hydrogen (secondary N) is 2. The van der Waals surface area contributed by atoms with Crippen LogP contribution in [0.4, 0.5) is 5.82 Å². The molecule has 2 N–H and O–H groups in total. The first kappa shape index (κ1) is 17.0. The van der Waals surface area contributed by atoms with Gasteiger partial charge in [0.25, 0.3) is 0 Å². The summed E-state index contributed by atoms with van der Waals surface area (Å²) in [6, 6.07) is 4.00. The van der Waals surface area contributed by atoms with E-state index in [4.69, 9.17) is 4.74 Å². The summed E-state index contributed by atoms with van der Waals surface area (Å²) in [7, 11) is 1.73. The average Bonchev–Trinajstić information content (AvgIpc) is 3.27. The van der Waals surface area contributed by atoms with Gasteiger partial charge in [0.15, 0.2) is 6.29 Å². The third-order valence-corrected chi connectivity index (χ3v) is 4.20. The molecule has 132 valence electrons. The summed E-state index contributed by atoms with van der Waals surface area (Å²) in [5.41, 5.74) is 3.74. The number of carbonyl (C=O) groups is 1. The lowest BCUT2D eigenvalue weighted by atomic mass is 10.1. The van der Waals surface area contributed by atoms with E-state index < -0.39 is 0 Å². The molecule has 3 rings (SSSR count). The highest BCUT2D eigenvalue weighted by atomic mass is 16.5. The average molecular weight is 341 g/mol. The maximum absolute atomic E-state index is 11.4. The van der Waals surface area contributed by atoms with E-state index in [-0.39, 0.29) is 6.04 Å². The molecule has 0 radical (unpaired) electrons. The number of hydrogen-bond donors (Lipinski definition) is 2. The van der Waals surface area contributed by atoms with Crippen molar-refractivity contribution in [3.05, 3.63) is 41.4 Å². The SMILES string of the molecule is CNc1nccc(OCC2=C(c3ccnn3C(C)C)NCC2)c1C=O. The molecular formula is C18H23N5O2. The second-order valence-electron chi connectivity index (χ2n) is 6.14. The number of aldehydes is 1. The third kappa shape index (κ3) is 3.35. The highest BCUT2D eigenvalue weighted by Gasteiger charge is 2.21. The van der Waals surface area contributed by atoms with E-state index in [2.05, 4.69) is 34.6 Å². The zero-order valence-electron chi connectivity index (χ0n) is 14.7. The number of pyridine rings is 1. The minimum absolute atomic E-state index is 0.280. The monoisotopic (exact) mass is 341 g/mol. The van der Waals surface area contributed by atoms with E-state index in [1.807, 2.05) is 16.9 Å². The molecule has 0 saturated heterocycles. The van der Waals surface area contributed by atoms with E-state index in [9.17, 15) is 4.79 Å². The highest BCUT2D eigenvalue weighted by Crippen LogP contribution is 2.27. The van der Waals surface area contributed by atoms with Gasteiger partial charge in [-0.05, 0) is 38.0 Å². The maximum atomic E-state index is 11.4. The summed E-state index contributed by atoms with van der Waals surface area (Å²) in [6.45, 7) is 5.50. The Labute approximate surface area is 147 Å². The number of aromatic nitrogens is 3. The minimum atomic E-state index is 0.280. The molecule has 0 saturated carbocycles. The first-order valence-corrected chi connectivity index (χ1v) is 8.40. The van der Waals surface area contributed by atoms with Crippen molar-refractivity contribution in [2.24, 2.45) is 0 Å². The van der Waals surface area contributed by atoms with Gasteiger partial charge in [-0.3, -0.25) is 9.48 Å². The Kier molecular flexibility index (Phi) is 5.02. The van der Waals surface area contributed by atoms with Crippen molar-refractivity contribution in [1.82, 2.24) is 20.1 Å². The van der Waals surface area contributed by atoms with Gasteiger partial charge < -0.3 is 15.4 Å². The number of anilines is 1. The fourth-order valence-corrected chi connectivity index (χ4v) is 2.99. The summed E-state index contributed by atoms with van der Waals surface area (Å²) >= 11 is 0. The van der Waals surface area contributed by atoms with Gasteiger partial charge in [-0.15, -0.1) is 0 Å². The van der Waals surface area contributed by atoms with Crippen molar-refractivity contribution in [3.8, 4) is 5.75 Å². The number of hydrogen-bond acceptors (Lipinski definition) is 6. The standard InChI is InChI=1S/C18H23N5O2/c1-12(2)23-15(5-9-22-23)17-13(4-7-20-17)11-25-16-6-8-21-18(19-3)14(16)10-24/h5-6,8-10,12,20H,4,7,11H2,1-3H3,(H,19,21). The first-order valence-electron chi connectivity index (χ1n) is 8.40. The van der Waals surface area contributed by atoms with Crippen molar-refractivity contribution in [3.63, 3.8) is 0 Å². The number of rotatable bonds is 7. The van der Waals surface area contributed by atoms with Crippen LogP contribution in [0.3, 0.4) is 0 Å². The van der Waals surface area contributed by atoms with Gasteiger partial charge >= 0.3 is 0 Å². The highest BCUT2D eigenvalue weighted by molar-refractivity contribution is 5.86. The van der Waals surface area contributed by atoms with E-state index in [1.165, 1.54) is 5.57 Å². The molecule has 0 aromatic carbocycles. The van der Waals surface area contributed by atoms with Crippen LogP contribution in [0.1, 0.15) is 42.4 Å². The second kappa shape index (κ2) is 7.38. The molecule has 0 aliphatic carbocycles. The predicted octanol–water partition coefficient (Wildman–Crippen LogP) is 2.50. The van der Waals surface area contributed by atoms with Crippen LogP contribution in [-0.4, -0.2) is 41.2 Å². The third-order valence-electron chi connectivity index (χ3n) is 4.20. The molecule has 0 bridgehead atoms. The molecule has 0 atom stereocenters. The minimum Gasteiger partial charge on any atom is -0.488 e. The molecule has 2 aromatic rings. The molecule has 3 heterocycles. The van der Waals surface area contributed by atoms with Gasteiger partial charge in [-0.1, -0.05) is 0 Å². The van der Waals surface area contributed by atoms with Gasteiger partial charge in [0.2, 0.25) is 0 Å². The van der Waals surface area contributed by atoms with Gasteiger partial charge in [-0.2, -0.15) is 5.10 Å². The largest absolute Gasteiger partial charge is 0.488 e. The molecule has 0 fully saturated rings. The van der Waals surface area contributed by atoms with Crippen molar-refractivity contribution in [1.29, 1.82) is 0 Å². The van der Waals surface area contributed by atoms with Gasteiger partial charge in [0.1, 0.15) is 18.2 Å². The lowest BCUT2D eigenvalue weighted by Gasteiger charge is -2.15. The Bertz CT molecular complexity index is 795. The second-order valence-corrected chi connectivity index (χ2v) is 6.14. The van der Waals surface area contributed by atoms with Crippen LogP contribution >= 0.6 is 0 Å². The van der Waals surface area contributed by atoms with Crippen LogP contribution in [0.5, 0.6) is 5.75 Å². The summed E-state index contributed by atoms with van der Waals surface area (Å²) in [6.07, 6.45) is 5.11. The van der Waals surface area contributed by atoms with E-state index in [1.54, 1.807) is 19.3 Å². The Morgan fingerprint density at radius 3 is 2.96 bits per heavy atom. The van der Waals surface area contributed by atoms with E-state index in [0.717, 1.165) is 30.6 Å². The molecule has 1 aliphatic rings. The molecule has 25 heavy (non-hydrogen) atoms. The summed E-state index contributed by atoms with van der Waals surface area (Å²) in [5, 5.41) is 10.7. The van der Waals surface area contributed by atoms with E-state index in [0.29, 0.717) is 23.7 Å². The zero-order chi connectivity index (χ0) is 17.8. The lowest BCUT2D eigenvalue weighted by molar-refractivity contribution is 0.112. The molecule has 2 aromatic heterocycles. The fourth-order valence-electron chi connectivity index (χ4n) is 2.99. The summed E-state index contributed by atoms with van der Waals surface area (Å²) in [5.74, 6) is 1.05. The van der Waals surface area contributed by atoms with Crippen molar-refractivity contribution < 1.29 is 9.53 Å². The van der Waals surface area contributed by atoms with Gasteiger partial charge in [0, 0.05) is 32.0 Å². The van der Waals surface area contributed by atoms with Crippen LogP contribution < -0.4 is 15.4 Å². The smallest absolute Gasteiger partial charge is 0.157 e. The quantitative estimate of drug-likeness (QED) is 0.753. The zero-order valence-corrected chi connectivity index (χ0v) is 14.7. The maximum Gasteiger partial charge on any atom is 0.157 e. The lowest BCUT2D eigenvalue weighted by Crippen LogP contribution is -2.14. The Hall–Kier alpha value is -2.83. The first-order chi connectivity index (χ1) is 12.2. The van der Waals surface area contributed by atoms with E-state index >= 15 is 0 Å². The van der Waals surface area contributed by atoms with Crippen molar-refractivity contribution >= 4 is 17.8 Å². The Balaban J connectivity index is 1.85. The van der Waals surface area contributed by atoms with Crippen LogP contribution in [0.25, 0.3) is 5.70 Å². The predicted molar refractivity (Wildman–Crippen MR) is 96.8 cm³/mol. The number of nitrogens with zero attached hydrogens (tertiary/aromatic N) is 3. The van der Waals surface area contributed by atoms with Gasteiger partial charge in [0.05, 0.1) is 17.0 Å². The van der Waals surface area contributed by atoms with Crippen LogP contribution in [0.15, 0.2) is 30.1 Å². The van der Waals surface area contributed by atoms with Crippen LogP contribution in [0.2, 0.25) is 0 Å². The number of ether oxygens (including phenoxy) is 1. The summed E-state index contributed by atoms with van der Waals surface area (Å²) in [4.78, 5) is 15.5. The van der Waals surface area contributed by atoms with Gasteiger partial charge in [-0.25, -0.2) is 4.98 Å². The fraction of sp³-hybridized carbons (Fsp3) is 0.389. The molecule has 0 spiro atoms. The van der Waals surface area contributed by atoms with Crippen LogP contribution in [-0.2, 0) is 0 Å². The Morgan fingerprint density at radius 1 is 1.40 bits per heavy atom. The molecule has 7 nitrogen and oxygen atoms in total. The molecular weight excluding hydrogens is 318 g/mol.